The second-order valence-corrected chi connectivity index (χ2v) is 8.91. The van der Waals surface area contributed by atoms with E-state index >= 15 is 0 Å². The lowest BCUT2D eigenvalue weighted by Gasteiger charge is -1.85. The van der Waals surface area contributed by atoms with Crippen molar-refractivity contribution in [1.29, 1.82) is 0 Å². The fourth-order valence-electron chi connectivity index (χ4n) is 1.31. The van der Waals surface area contributed by atoms with Crippen molar-refractivity contribution in [3.8, 4) is 0 Å². The summed E-state index contributed by atoms with van der Waals surface area (Å²) < 4.78 is 29.4. The molecule has 6 heteroatoms. The average Bonchev–Trinajstić information content (AvgIpc) is 2.93. The second kappa shape index (κ2) is 10.8. The van der Waals surface area contributed by atoms with Gasteiger partial charge in [0.25, 0.3) is 0 Å². The van der Waals surface area contributed by atoms with Crippen LogP contribution in [0.1, 0.15) is 40.5 Å². The molecular formula is C12H30N2O2S2. The quantitative estimate of drug-likeness (QED) is 0.690. The molecule has 2 heterocycles. The van der Waals surface area contributed by atoms with Gasteiger partial charge in [0.05, 0.1) is 0 Å². The zero-order valence-electron chi connectivity index (χ0n) is 12.8. The highest BCUT2D eigenvalue weighted by molar-refractivity contribution is 7.93. The summed E-state index contributed by atoms with van der Waals surface area (Å²) in [6.07, 6.45) is 5.49. The van der Waals surface area contributed by atoms with E-state index in [2.05, 4.69) is 8.73 Å². The Balaban J connectivity index is 0. The van der Waals surface area contributed by atoms with Crippen LogP contribution in [0.5, 0.6) is 0 Å². The Morgan fingerprint density at radius 3 is 1.06 bits per heavy atom. The van der Waals surface area contributed by atoms with Gasteiger partial charge in [-0.3, -0.25) is 8.42 Å². The van der Waals surface area contributed by atoms with Crippen LogP contribution < -0.4 is 0 Å². The van der Waals surface area contributed by atoms with Crippen LogP contribution in [0.25, 0.3) is 0 Å². The standard InChI is InChI=1S/2C4H9NOS.2C2H6/c2*1-7(6)4-2-3-5-7;2*1-2/h2*2-4H2,1H3;2*1-2H3/t2*7-;;/m11../s1. The van der Waals surface area contributed by atoms with Crippen molar-refractivity contribution in [3.05, 3.63) is 0 Å². The van der Waals surface area contributed by atoms with Crippen LogP contribution in [0, 0.1) is 0 Å². The maximum atomic E-state index is 10.8. The molecule has 112 valence electrons. The minimum atomic E-state index is -1.67. The summed E-state index contributed by atoms with van der Waals surface area (Å²) in [6.45, 7) is 9.63. The predicted octanol–water partition coefficient (Wildman–Crippen LogP) is 3.03. The lowest BCUT2D eigenvalue weighted by atomic mass is 10.5. The fraction of sp³-hybridized carbons (Fsp3) is 1.00. The molecule has 0 aromatic heterocycles. The summed E-state index contributed by atoms with van der Waals surface area (Å²) in [5.41, 5.74) is 0. The van der Waals surface area contributed by atoms with Crippen LogP contribution in [0.3, 0.4) is 0 Å². The summed E-state index contributed by atoms with van der Waals surface area (Å²) in [4.78, 5) is 0. The third kappa shape index (κ3) is 11.0. The maximum Gasteiger partial charge on any atom is 0.0493 e. The molecule has 0 N–H and O–H groups in total. The Morgan fingerprint density at radius 1 is 0.722 bits per heavy atom. The minimum Gasteiger partial charge on any atom is -0.250 e. The highest BCUT2D eigenvalue weighted by Gasteiger charge is 2.06. The topological polar surface area (TPSA) is 58.9 Å². The fourth-order valence-corrected chi connectivity index (χ4v) is 3.93. The van der Waals surface area contributed by atoms with Crippen LogP contribution in [-0.4, -0.2) is 45.5 Å². The Labute approximate surface area is 114 Å². The summed E-state index contributed by atoms with van der Waals surface area (Å²) in [5.74, 6) is 1.62. The van der Waals surface area contributed by atoms with E-state index in [-0.39, 0.29) is 0 Å². The number of hydrogen-bond donors (Lipinski definition) is 0. The third-order valence-electron chi connectivity index (χ3n) is 2.09. The molecule has 2 aliphatic heterocycles. The number of hydrogen-bond acceptors (Lipinski definition) is 4. The van der Waals surface area contributed by atoms with Gasteiger partial charge in [-0.1, -0.05) is 27.7 Å². The van der Waals surface area contributed by atoms with Gasteiger partial charge >= 0.3 is 0 Å². The number of rotatable bonds is 0. The van der Waals surface area contributed by atoms with Crippen LogP contribution >= 0.6 is 0 Å². The van der Waals surface area contributed by atoms with Crippen molar-refractivity contribution in [3.63, 3.8) is 0 Å². The van der Waals surface area contributed by atoms with Crippen molar-refractivity contribution in [2.75, 3.05) is 37.1 Å². The molecule has 0 aromatic rings. The zero-order chi connectivity index (χ0) is 14.7. The Hall–Kier alpha value is -0.100. The molecule has 18 heavy (non-hydrogen) atoms. The lowest BCUT2D eigenvalue weighted by molar-refractivity contribution is 0.682. The molecule has 0 aliphatic carbocycles. The first-order chi connectivity index (χ1) is 8.41. The van der Waals surface area contributed by atoms with E-state index in [1.54, 1.807) is 12.5 Å². The molecular weight excluding hydrogens is 268 g/mol. The SMILES string of the molecule is CC.CC.C[S@]1(=O)=NCCC1.C[S@]1(=O)=NCCC1. The van der Waals surface area contributed by atoms with Gasteiger partial charge in [-0.25, -0.2) is 8.73 Å². The van der Waals surface area contributed by atoms with Gasteiger partial charge in [-0.05, 0) is 12.8 Å². The monoisotopic (exact) mass is 298 g/mol. The highest BCUT2D eigenvalue weighted by Crippen LogP contribution is 2.03. The molecule has 0 bridgehead atoms. The summed E-state index contributed by atoms with van der Waals surface area (Å²) in [6, 6.07) is 0. The van der Waals surface area contributed by atoms with Crippen LogP contribution in [0.4, 0.5) is 0 Å². The first kappa shape index (κ1) is 20.2. The van der Waals surface area contributed by atoms with Gasteiger partial charge in [0.2, 0.25) is 0 Å². The predicted molar refractivity (Wildman–Crippen MR) is 84.4 cm³/mol. The maximum absolute atomic E-state index is 10.8. The summed E-state index contributed by atoms with van der Waals surface area (Å²) in [7, 11) is -3.34. The largest absolute Gasteiger partial charge is 0.250 e. The molecule has 0 radical (unpaired) electrons. The lowest BCUT2D eigenvalue weighted by Crippen LogP contribution is -1.93. The van der Waals surface area contributed by atoms with Crippen LogP contribution in [-0.2, 0) is 19.5 Å². The molecule has 0 aromatic carbocycles. The highest BCUT2D eigenvalue weighted by atomic mass is 32.2. The van der Waals surface area contributed by atoms with Crippen molar-refractivity contribution in [2.24, 2.45) is 8.73 Å². The smallest absolute Gasteiger partial charge is 0.0493 e. The van der Waals surface area contributed by atoms with Gasteiger partial charge in [0.1, 0.15) is 0 Å². The van der Waals surface area contributed by atoms with Gasteiger partial charge in [0, 0.05) is 56.6 Å². The van der Waals surface area contributed by atoms with E-state index in [9.17, 15) is 8.42 Å². The molecule has 2 rings (SSSR count). The molecule has 0 spiro atoms. The van der Waals surface area contributed by atoms with E-state index in [0.717, 1.165) is 37.4 Å². The van der Waals surface area contributed by atoms with E-state index in [1.165, 1.54) is 0 Å². The van der Waals surface area contributed by atoms with Crippen molar-refractivity contribution in [2.45, 2.75) is 40.5 Å². The minimum absolute atomic E-state index is 0.812. The summed E-state index contributed by atoms with van der Waals surface area (Å²) in [5, 5.41) is 0. The third-order valence-corrected chi connectivity index (χ3v) is 5.64. The van der Waals surface area contributed by atoms with E-state index in [4.69, 9.17) is 0 Å². The Kier molecular flexibility index (Phi) is 12.1. The molecule has 0 unspecified atom stereocenters. The first-order valence-corrected chi connectivity index (χ1v) is 10.9. The molecule has 2 atom stereocenters. The first-order valence-electron chi connectivity index (χ1n) is 6.72. The molecule has 0 amide bonds. The van der Waals surface area contributed by atoms with E-state index in [0.29, 0.717) is 0 Å². The van der Waals surface area contributed by atoms with Crippen LogP contribution in [0.2, 0.25) is 0 Å². The Bertz CT molecular complexity index is 376. The van der Waals surface area contributed by atoms with Gasteiger partial charge in [-0.2, -0.15) is 0 Å². The van der Waals surface area contributed by atoms with Crippen molar-refractivity contribution >= 4 is 19.5 Å². The summed E-state index contributed by atoms with van der Waals surface area (Å²) >= 11 is 0. The second-order valence-electron chi connectivity index (χ2n) is 3.74. The molecule has 0 saturated carbocycles. The number of nitrogens with zero attached hydrogens (tertiary/aromatic N) is 2. The van der Waals surface area contributed by atoms with Crippen molar-refractivity contribution in [1.82, 2.24) is 0 Å². The zero-order valence-corrected chi connectivity index (χ0v) is 14.4. The van der Waals surface area contributed by atoms with Gasteiger partial charge < -0.3 is 0 Å². The van der Waals surface area contributed by atoms with E-state index < -0.39 is 19.5 Å². The normalized spacial score (nSPS) is 32.3. The van der Waals surface area contributed by atoms with E-state index in [1.807, 2.05) is 27.7 Å². The molecule has 4 nitrogen and oxygen atoms in total. The average molecular weight is 299 g/mol. The molecule has 0 fully saturated rings. The molecule has 2 aliphatic rings. The van der Waals surface area contributed by atoms with Gasteiger partial charge in [0.15, 0.2) is 0 Å². The van der Waals surface area contributed by atoms with Gasteiger partial charge in [-0.15, -0.1) is 0 Å². The Morgan fingerprint density at radius 2 is 1.00 bits per heavy atom. The van der Waals surface area contributed by atoms with Crippen molar-refractivity contribution < 1.29 is 8.42 Å². The van der Waals surface area contributed by atoms with Crippen LogP contribution in [0.15, 0.2) is 8.73 Å². The molecule has 0 saturated heterocycles.